The van der Waals surface area contributed by atoms with E-state index in [4.69, 9.17) is 28.9 Å². The Morgan fingerprint density at radius 1 is 1.38 bits per heavy atom. The Balaban J connectivity index is 0.00000144. The predicted octanol–water partition coefficient (Wildman–Crippen LogP) is 3.60. The quantitative estimate of drug-likeness (QED) is 0.783. The van der Waals surface area contributed by atoms with Crippen molar-refractivity contribution in [1.82, 2.24) is 0 Å². The molecule has 1 atom stereocenters. The zero-order chi connectivity index (χ0) is 9.14. The van der Waals surface area contributed by atoms with Gasteiger partial charge in [0, 0.05) is 16.1 Å². The number of benzene rings is 1. The van der Waals surface area contributed by atoms with Crippen molar-refractivity contribution in [2.75, 3.05) is 0 Å². The summed E-state index contributed by atoms with van der Waals surface area (Å²) in [5.41, 5.74) is 6.51. The molecule has 1 nitrogen and oxygen atoms in total. The SMILES string of the molecule is C=C[C@@H](N)c1cc(Cl)ccc1Cl.Cl. The van der Waals surface area contributed by atoms with Crippen LogP contribution >= 0.6 is 35.6 Å². The lowest BCUT2D eigenvalue weighted by Gasteiger charge is -2.08. The van der Waals surface area contributed by atoms with Crippen molar-refractivity contribution in [2.45, 2.75) is 6.04 Å². The lowest BCUT2D eigenvalue weighted by Crippen LogP contribution is -2.06. The molecule has 1 aromatic rings. The van der Waals surface area contributed by atoms with Gasteiger partial charge in [0.05, 0.1) is 0 Å². The lowest BCUT2D eigenvalue weighted by atomic mass is 10.1. The normalized spacial score (nSPS) is 11.6. The second kappa shape index (κ2) is 5.51. The topological polar surface area (TPSA) is 26.0 Å². The van der Waals surface area contributed by atoms with E-state index in [2.05, 4.69) is 6.58 Å². The van der Waals surface area contributed by atoms with Gasteiger partial charge in [-0.15, -0.1) is 19.0 Å². The molecule has 0 aliphatic heterocycles. The monoisotopic (exact) mass is 237 g/mol. The van der Waals surface area contributed by atoms with Crippen LogP contribution in [0.4, 0.5) is 0 Å². The Hall–Kier alpha value is -0.210. The van der Waals surface area contributed by atoms with Crippen molar-refractivity contribution in [1.29, 1.82) is 0 Å². The minimum atomic E-state index is -0.254. The van der Waals surface area contributed by atoms with Crippen molar-refractivity contribution >= 4 is 35.6 Å². The third-order valence-corrected chi connectivity index (χ3v) is 2.15. The van der Waals surface area contributed by atoms with Crippen LogP contribution in [0.25, 0.3) is 0 Å². The van der Waals surface area contributed by atoms with Crippen molar-refractivity contribution < 1.29 is 0 Å². The molecule has 0 saturated heterocycles. The summed E-state index contributed by atoms with van der Waals surface area (Å²) in [7, 11) is 0. The Kier molecular flexibility index (Phi) is 5.42. The first-order valence-corrected chi connectivity index (χ1v) is 4.24. The number of rotatable bonds is 2. The summed E-state index contributed by atoms with van der Waals surface area (Å²) < 4.78 is 0. The van der Waals surface area contributed by atoms with Crippen LogP contribution in [0.15, 0.2) is 30.9 Å². The molecule has 0 aromatic heterocycles. The molecule has 72 valence electrons. The molecular formula is C9H10Cl3N. The van der Waals surface area contributed by atoms with Gasteiger partial charge in [-0.05, 0) is 23.8 Å². The maximum atomic E-state index is 5.88. The molecule has 0 radical (unpaired) electrons. The zero-order valence-electron chi connectivity index (χ0n) is 6.84. The summed E-state index contributed by atoms with van der Waals surface area (Å²) in [4.78, 5) is 0. The van der Waals surface area contributed by atoms with Gasteiger partial charge in [0.1, 0.15) is 0 Å². The Labute approximate surface area is 93.9 Å². The highest BCUT2D eigenvalue weighted by Gasteiger charge is 2.06. The van der Waals surface area contributed by atoms with Gasteiger partial charge in [-0.2, -0.15) is 0 Å². The molecule has 0 bridgehead atoms. The highest BCUT2D eigenvalue weighted by Crippen LogP contribution is 2.25. The molecule has 0 fully saturated rings. The third-order valence-electron chi connectivity index (χ3n) is 1.57. The van der Waals surface area contributed by atoms with Gasteiger partial charge in [-0.3, -0.25) is 0 Å². The molecule has 0 aliphatic carbocycles. The van der Waals surface area contributed by atoms with Crippen LogP contribution in [0.1, 0.15) is 11.6 Å². The van der Waals surface area contributed by atoms with Crippen molar-refractivity contribution in [3.8, 4) is 0 Å². The average molecular weight is 239 g/mol. The van der Waals surface area contributed by atoms with Gasteiger partial charge in [-0.25, -0.2) is 0 Å². The summed E-state index contributed by atoms with van der Waals surface area (Å²) >= 11 is 11.7. The maximum Gasteiger partial charge on any atom is 0.0493 e. The summed E-state index contributed by atoms with van der Waals surface area (Å²) in [6, 6.07) is 4.94. The molecule has 4 heteroatoms. The van der Waals surface area contributed by atoms with E-state index < -0.39 is 0 Å². The first-order valence-electron chi connectivity index (χ1n) is 3.48. The van der Waals surface area contributed by atoms with Crippen LogP contribution in [0.2, 0.25) is 10.0 Å². The first kappa shape index (κ1) is 12.8. The fourth-order valence-corrected chi connectivity index (χ4v) is 1.32. The van der Waals surface area contributed by atoms with Gasteiger partial charge in [0.2, 0.25) is 0 Å². The van der Waals surface area contributed by atoms with Gasteiger partial charge < -0.3 is 5.73 Å². The molecule has 13 heavy (non-hydrogen) atoms. The number of halogens is 3. The van der Waals surface area contributed by atoms with Gasteiger partial charge in [-0.1, -0.05) is 29.3 Å². The van der Waals surface area contributed by atoms with Crippen molar-refractivity contribution in [3.63, 3.8) is 0 Å². The van der Waals surface area contributed by atoms with Crippen LogP contribution in [-0.2, 0) is 0 Å². The highest BCUT2D eigenvalue weighted by molar-refractivity contribution is 6.33. The minimum absolute atomic E-state index is 0. The average Bonchev–Trinajstić information content (AvgIpc) is 2.08. The van der Waals surface area contributed by atoms with Crippen LogP contribution in [0, 0.1) is 0 Å². The van der Waals surface area contributed by atoms with Crippen LogP contribution in [0.3, 0.4) is 0 Å². The van der Waals surface area contributed by atoms with E-state index >= 15 is 0 Å². The molecule has 1 rings (SSSR count). The number of hydrogen-bond donors (Lipinski definition) is 1. The summed E-state index contributed by atoms with van der Waals surface area (Å²) in [5.74, 6) is 0. The zero-order valence-corrected chi connectivity index (χ0v) is 9.16. The molecule has 1 aromatic carbocycles. The van der Waals surface area contributed by atoms with Gasteiger partial charge >= 0.3 is 0 Å². The smallest absolute Gasteiger partial charge is 0.0493 e. The first-order chi connectivity index (χ1) is 5.65. The molecule has 0 amide bonds. The maximum absolute atomic E-state index is 5.88. The fourth-order valence-electron chi connectivity index (χ4n) is 0.897. The fraction of sp³-hybridized carbons (Fsp3) is 0.111. The van der Waals surface area contributed by atoms with E-state index in [0.29, 0.717) is 10.0 Å². The Morgan fingerprint density at radius 3 is 2.54 bits per heavy atom. The summed E-state index contributed by atoms with van der Waals surface area (Å²) in [6.45, 7) is 3.58. The molecule has 0 aliphatic rings. The number of nitrogens with two attached hydrogens (primary N) is 1. The second-order valence-electron chi connectivity index (χ2n) is 2.43. The summed E-state index contributed by atoms with van der Waals surface area (Å²) in [5, 5.41) is 1.25. The number of hydrogen-bond acceptors (Lipinski definition) is 1. The minimum Gasteiger partial charge on any atom is -0.321 e. The Morgan fingerprint density at radius 2 is 2.00 bits per heavy atom. The van der Waals surface area contributed by atoms with E-state index in [1.807, 2.05) is 0 Å². The summed E-state index contributed by atoms with van der Waals surface area (Å²) in [6.07, 6.45) is 1.62. The van der Waals surface area contributed by atoms with E-state index in [1.54, 1.807) is 24.3 Å². The largest absolute Gasteiger partial charge is 0.321 e. The standard InChI is InChI=1S/C9H9Cl2N.ClH/c1-2-9(12)7-5-6(10)3-4-8(7)11;/h2-5,9H,1,12H2;1H/t9-;/m1./s1. The van der Waals surface area contributed by atoms with E-state index in [-0.39, 0.29) is 18.4 Å². The molecular weight excluding hydrogens is 228 g/mol. The van der Waals surface area contributed by atoms with Crippen molar-refractivity contribution in [2.24, 2.45) is 5.73 Å². The van der Waals surface area contributed by atoms with Gasteiger partial charge in [0.15, 0.2) is 0 Å². The molecule has 0 unspecified atom stereocenters. The second-order valence-corrected chi connectivity index (χ2v) is 3.27. The highest BCUT2D eigenvalue weighted by atomic mass is 35.5. The van der Waals surface area contributed by atoms with E-state index in [1.165, 1.54) is 0 Å². The van der Waals surface area contributed by atoms with Crippen LogP contribution in [0.5, 0.6) is 0 Å². The predicted molar refractivity (Wildman–Crippen MR) is 60.8 cm³/mol. The molecule has 0 saturated carbocycles. The third kappa shape index (κ3) is 3.20. The molecule has 2 N–H and O–H groups in total. The van der Waals surface area contributed by atoms with E-state index in [9.17, 15) is 0 Å². The lowest BCUT2D eigenvalue weighted by molar-refractivity contribution is 0.915. The molecule has 0 spiro atoms. The molecule has 0 heterocycles. The van der Waals surface area contributed by atoms with Gasteiger partial charge in [0.25, 0.3) is 0 Å². The van der Waals surface area contributed by atoms with E-state index in [0.717, 1.165) is 5.56 Å². The van der Waals surface area contributed by atoms with Crippen LogP contribution in [-0.4, -0.2) is 0 Å². The van der Waals surface area contributed by atoms with Crippen molar-refractivity contribution in [3.05, 3.63) is 46.5 Å². The van der Waals surface area contributed by atoms with Crippen LogP contribution < -0.4 is 5.73 Å². The Bertz CT molecular complexity index is 299.